The van der Waals surface area contributed by atoms with Crippen LogP contribution >= 0.6 is 0 Å². The molecule has 1 aromatic heterocycles. The van der Waals surface area contributed by atoms with Crippen molar-refractivity contribution in [1.82, 2.24) is 14.9 Å². The molecule has 0 saturated heterocycles. The molecule has 0 radical (unpaired) electrons. The Kier molecular flexibility index (Phi) is 6.69. The number of hydrogen-bond acceptors (Lipinski definition) is 6. The quantitative estimate of drug-likeness (QED) is 0.587. The number of rotatable bonds is 7. The lowest BCUT2D eigenvalue weighted by molar-refractivity contribution is -0.129. The minimum Gasteiger partial charge on any atom is -0.497 e. The van der Waals surface area contributed by atoms with Crippen molar-refractivity contribution >= 4 is 22.9 Å². The standard InChI is InChI=1S/C23H25N3O5/c1-5-26-20-11-8-17(12-19(20)25-14(2)22(26)28)23(29)31-15(3)21(27)24-13-16-6-9-18(30-4)10-7-16/h6-12,15H,5,13H2,1-4H3,(H,24,27)/t15-/m1/s1. The van der Waals surface area contributed by atoms with Gasteiger partial charge < -0.3 is 19.4 Å². The second-order valence-corrected chi connectivity index (χ2v) is 7.06. The zero-order chi connectivity index (χ0) is 22.5. The average Bonchev–Trinajstić information content (AvgIpc) is 2.78. The topological polar surface area (TPSA) is 99.5 Å². The first-order valence-corrected chi connectivity index (χ1v) is 9.96. The van der Waals surface area contributed by atoms with Gasteiger partial charge in [-0.15, -0.1) is 0 Å². The number of fused-ring (bicyclic) bond motifs is 1. The fourth-order valence-corrected chi connectivity index (χ4v) is 3.17. The Morgan fingerprint density at radius 3 is 2.52 bits per heavy atom. The van der Waals surface area contributed by atoms with Crippen LogP contribution in [-0.2, 0) is 22.6 Å². The van der Waals surface area contributed by atoms with Crippen molar-refractivity contribution in [3.63, 3.8) is 0 Å². The molecule has 0 unspecified atom stereocenters. The van der Waals surface area contributed by atoms with Crippen LogP contribution in [0.2, 0.25) is 0 Å². The van der Waals surface area contributed by atoms with Gasteiger partial charge in [-0.3, -0.25) is 9.59 Å². The summed E-state index contributed by atoms with van der Waals surface area (Å²) in [5.74, 6) is -0.310. The summed E-state index contributed by atoms with van der Waals surface area (Å²) < 4.78 is 12.0. The summed E-state index contributed by atoms with van der Waals surface area (Å²) in [4.78, 5) is 41.4. The van der Waals surface area contributed by atoms with Crippen molar-refractivity contribution in [1.29, 1.82) is 0 Å². The number of hydrogen-bond donors (Lipinski definition) is 1. The first-order valence-electron chi connectivity index (χ1n) is 9.96. The highest BCUT2D eigenvalue weighted by atomic mass is 16.5. The summed E-state index contributed by atoms with van der Waals surface area (Å²) in [7, 11) is 1.59. The van der Waals surface area contributed by atoms with E-state index < -0.39 is 18.0 Å². The van der Waals surface area contributed by atoms with Gasteiger partial charge in [0.25, 0.3) is 11.5 Å². The molecule has 3 rings (SSSR count). The summed E-state index contributed by atoms with van der Waals surface area (Å²) in [6.45, 7) is 5.81. The van der Waals surface area contributed by atoms with Crippen LogP contribution in [0.3, 0.4) is 0 Å². The van der Waals surface area contributed by atoms with E-state index in [1.807, 2.05) is 19.1 Å². The molecular weight excluding hydrogens is 398 g/mol. The van der Waals surface area contributed by atoms with Gasteiger partial charge in [0.2, 0.25) is 0 Å². The third-order valence-electron chi connectivity index (χ3n) is 4.94. The van der Waals surface area contributed by atoms with Gasteiger partial charge in [-0.05, 0) is 56.7 Å². The molecule has 1 N–H and O–H groups in total. The predicted octanol–water partition coefficient (Wildman–Crippen LogP) is 2.60. The van der Waals surface area contributed by atoms with Gasteiger partial charge in [-0.2, -0.15) is 0 Å². The van der Waals surface area contributed by atoms with E-state index in [-0.39, 0.29) is 11.1 Å². The number of carbonyl (C=O) groups excluding carboxylic acids is 2. The zero-order valence-electron chi connectivity index (χ0n) is 18.0. The highest BCUT2D eigenvalue weighted by Gasteiger charge is 2.19. The van der Waals surface area contributed by atoms with Gasteiger partial charge in [-0.25, -0.2) is 9.78 Å². The Bertz CT molecular complexity index is 1170. The minimum absolute atomic E-state index is 0.160. The third-order valence-corrected chi connectivity index (χ3v) is 4.94. The van der Waals surface area contributed by atoms with Crippen LogP contribution < -0.4 is 15.6 Å². The zero-order valence-corrected chi connectivity index (χ0v) is 18.0. The molecule has 2 aromatic carbocycles. The fourth-order valence-electron chi connectivity index (χ4n) is 3.17. The highest BCUT2D eigenvalue weighted by molar-refractivity contribution is 5.95. The van der Waals surface area contributed by atoms with E-state index in [1.165, 1.54) is 6.92 Å². The molecule has 3 aromatic rings. The van der Waals surface area contributed by atoms with E-state index in [1.54, 1.807) is 48.9 Å². The van der Waals surface area contributed by atoms with E-state index in [9.17, 15) is 14.4 Å². The lowest BCUT2D eigenvalue weighted by atomic mass is 10.2. The maximum atomic E-state index is 12.5. The molecule has 31 heavy (non-hydrogen) atoms. The summed E-state index contributed by atoms with van der Waals surface area (Å²) in [5, 5.41) is 2.74. The van der Waals surface area contributed by atoms with Crippen LogP contribution in [0, 0.1) is 6.92 Å². The Labute approximate surface area is 179 Å². The monoisotopic (exact) mass is 423 g/mol. The Balaban J connectivity index is 1.66. The van der Waals surface area contributed by atoms with Crippen molar-refractivity contribution in [3.05, 3.63) is 69.6 Å². The maximum Gasteiger partial charge on any atom is 0.338 e. The molecule has 8 nitrogen and oxygen atoms in total. The van der Waals surface area contributed by atoms with Crippen LogP contribution in [0.1, 0.15) is 35.5 Å². The number of benzene rings is 2. The Morgan fingerprint density at radius 2 is 1.87 bits per heavy atom. The lowest BCUT2D eigenvalue weighted by Gasteiger charge is -2.14. The van der Waals surface area contributed by atoms with Crippen molar-refractivity contribution < 1.29 is 19.1 Å². The molecule has 0 bridgehead atoms. The van der Waals surface area contributed by atoms with Crippen molar-refractivity contribution in [2.45, 2.75) is 40.0 Å². The molecule has 1 amide bonds. The van der Waals surface area contributed by atoms with Crippen molar-refractivity contribution in [2.75, 3.05) is 7.11 Å². The number of aryl methyl sites for hydroxylation is 2. The molecule has 162 valence electrons. The van der Waals surface area contributed by atoms with Crippen LogP contribution in [0.4, 0.5) is 0 Å². The predicted molar refractivity (Wildman–Crippen MR) is 116 cm³/mol. The minimum atomic E-state index is -0.972. The number of nitrogens with zero attached hydrogens (tertiary/aromatic N) is 2. The largest absolute Gasteiger partial charge is 0.497 e. The lowest BCUT2D eigenvalue weighted by Crippen LogP contribution is -2.35. The summed E-state index contributed by atoms with van der Waals surface area (Å²) in [5.41, 5.74) is 2.50. The molecule has 0 spiro atoms. The van der Waals surface area contributed by atoms with Gasteiger partial charge in [0, 0.05) is 13.1 Å². The van der Waals surface area contributed by atoms with E-state index in [0.29, 0.717) is 29.8 Å². The molecule has 0 saturated carbocycles. The second kappa shape index (κ2) is 9.42. The number of esters is 1. The van der Waals surface area contributed by atoms with E-state index in [4.69, 9.17) is 9.47 Å². The van der Waals surface area contributed by atoms with Gasteiger partial charge >= 0.3 is 5.97 Å². The number of carbonyl (C=O) groups is 2. The van der Waals surface area contributed by atoms with Crippen LogP contribution in [0.25, 0.3) is 11.0 Å². The Morgan fingerprint density at radius 1 is 1.16 bits per heavy atom. The molecule has 0 aliphatic heterocycles. The van der Waals surface area contributed by atoms with E-state index >= 15 is 0 Å². The maximum absolute atomic E-state index is 12.5. The summed E-state index contributed by atoms with van der Waals surface area (Å²) in [6, 6.07) is 12.1. The molecule has 1 atom stereocenters. The fraction of sp³-hybridized carbons (Fsp3) is 0.304. The van der Waals surface area contributed by atoms with E-state index in [2.05, 4.69) is 10.3 Å². The summed E-state index contributed by atoms with van der Waals surface area (Å²) >= 11 is 0. The number of aromatic nitrogens is 2. The molecular formula is C23H25N3O5. The van der Waals surface area contributed by atoms with Gasteiger partial charge in [0.05, 0.1) is 23.7 Å². The average molecular weight is 423 g/mol. The normalized spacial score (nSPS) is 11.7. The number of amides is 1. The smallest absolute Gasteiger partial charge is 0.338 e. The number of methoxy groups -OCH3 is 1. The third kappa shape index (κ3) is 4.91. The van der Waals surface area contributed by atoms with Crippen molar-refractivity contribution in [2.24, 2.45) is 0 Å². The SMILES string of the molecule is CCn1c(=O)c(C)nc2cc(C(=O)O[C@H](C)C(=O)NCc3ccc(OC)cc3)ccc21. The highest BCUT2D eigenvalue weighted by Crippen LogP contribution is 2.15. The van der Waals surface area contributed by atoms with Crippen LogP contribution in [-0.4, -0.2) is 34.6 Å². The van der Waals surface area contributed by atoms with Gasteiger partial charge in [0.1, 0.15) is 11.4 Å². The van der Waals surface area contributed by atoms with Crippen LogP contribution in [0.15, 0.2) is 47.3 Å². The van der Waals surface area contributed by atoms with Crippen LogP contribution in [0.5, 0.6) is 5.75 Å². The first-order chi connectivity index (χ1) is 14.8. The van der Waals surface area contributed by atoms with Gasteiger partial charge in [-0.1, -0.05) is 12.1 Å². The second-order valence-electron chi connectivity index (χ2n) is 7.06. The molecule has 0 fully saturated rings. The molecule has 8 heteroatoms. The number of ether oxygens (including phenoxy) is 2. The first kappa shape index (κ1) is 22.0. The molecule has 0 aliphatic rings. The molecule has 0 aliphatic carbocycles. The number of nitrogens with one attached hydrogen (secondary N) is 1. The van der Waals surface area contributed by atoms with Crippen molar-refractivity contribution in [3.8, 4) is 5.75 Å². The van der Waals surface area contributed by atoms with E-state index in [0.717, 1.165) is 11.3 Å². The summed E-state index contributed by atoms with van der Waals surface area (Å²) in [6.07, 6.45) is -0.972. The Hall–Kier alpha value is -3.68. The van der Waals surface area contributed by atoms with Gasteiger partial charge in [0.15, 0.2) is 6.10 Å². The molecule has 1 heterocycles.